The predicted molar refractivity (Wildman–Crippen MR) is 124 cm³/mol. The summed E-state index contributed by atoms with van der Waals surface area (Å²) in [5.41, 5.74) is 9.42. The monoisotopic (exact) mass is 383 g/mol. The highest BCUT2D eigenvalue weighted by molar-refractivity contribution is 5.82. The van der Waals surface area contributed by atoms with Crippen molar-refractivity contribution in [2.75, 3.05) is 10.3 Å². The molecule has 1 N–H and O–H groups in total. The molecule has 3 aromatic carbocycles. The van der Waals surface area contributed by atoms with E-state index in [4.69, 9.17) is 0 Å². The molecule has 1 aliphatic rings. The third-order valence-corrected chi connectivity index (χ3v) is 5.77. The Kier molecular flexibility index (Phi) is 5.39. The lowest BCUT2D eigenvalue weighted by molar-refractivity contribution is 0.374. The molecule has 148 valence electrons. The van der Waals surface area contributed by atoms with Crippen LogP contribution in [0, 0.1) is 0 Å². The molecule has 0 aromatic heterocycles. The molecule has 1 heterocycles. The van der Waals surface area contributed by atoms with Gasteiger partial charge in [-0.15, -0.1) is 0 Å². The van der Waals surface area contributed by atoms with Crippen molar-refractivity contribution in [1.82, 2.24) is 0 Å². The first-order valence-corrected chi connectivity index (χ1v) is 10.3. The first-order valence-electron chi connectivity index (χ1n) is 10.3. The van der Waals surface area contributed by atoms with Gasteiger partial charge in [0, 0.05) is 17.8 Å². The average Bonchev–Trinajstić information content (AvgIpc) is 2.72. The van der Waals surface area contributed by atoms with E-state index < -0.39 is 0 Å². The van der Waals surface area contributed by atoms with Crippen molar-refractivity contribution >= 4 is 17.6 Å². The van der Waals surface area contributed by atoms with Gasteiger partial charge in [0.2, 0.25) is 0 Å². The maximum absolute atomic E-state index is 4.41. The van der Waals surface area contributed by atoms with Crippen LogP contribution in [0.1, 0.15) is 49.8 Å². The molecule has 3 nitrogen and oxygen atoms in total. The van der Waals surface area contributed by atoms with Gasteiger partial charge in [-0.3, -0.25) is 5.43 Å². The molecule has 1 unspecified atom stereocenters. The van der Waals surface area contributed by atoms with E-state index >= 15 is 0 Å². The third kappa shape index (κ3) is 4.34. The van der Waals surface area contributed by atoms with Crippen molar-refractivity contribution in [3.05, 3.63) is 95.6 Å². The Hall–Kier alpha value is -3.07. The van der Waals surface area contributed by atoms with E-state index in [1.807, 2.05) is 36.5 Å². The molecule has 0 spiro atoms. The fourth-order valence-corrected chi connectivity index (χ4v) is 4.35. The molecule has 0 amide bonds. The van der Waals surface area contributed by atoms with Gasteiger partial charge in [-0.05, 0) is 67.1 Å². The van der Waals surface area contributed by atoms with Gasteiger partial charge < -0.3 is 4.90 Å². The van der Waals surface area contributed by atoms with Gasteiger partial charge in [0.05, 0.1) is 11.9 Å². The number of para-hydroxylation sites is 1. The highest BCUT2D eigenvalue weighted by Crippen LogP contribution is 2.44. The van der Waals surface area contributed by atoms with Crippen LogP contribution in [-0.4, -0.2) is 11.8 Å². The van der Waals surface area contributed by atoms with E-state index in [1.165, 1.54) is 16.8 Å². The van der Waals surface area contributed by atoms with E-state index in [-0.39, 0.29) is 5.54 Å². The average molecular weight is 384 g/mol. The van der Waals surface area contributed by atoms with Gasteiger partial charge in [0.25, 0.3) is 0 Å². The Balaban J connectivity index is 1.59. The minimum atomic E-state index is 0.118. The van der Waals surface area contributed by atoms with E-state index in [9.17, 15) is 0 Å². The van der Waals surface area contributed by atoms with Crippen LogP contribution in [0.2, 0.25) is 0 Å². The van der Waals surface area contributed by atoms with Crippen molar-refractivity contribution in [3.8, 4) is 0 Å². The number of fused-ring (bicyclic) bond motifs is 1. The van der Waals surface area contributed by atoms with Gasteiger partial charge in [0.1, 0.15) is 0 Å². The van der Waals surface area contributed by atoms with Gasteiger partial charge in [-0.25, -0.2) is 0 Å². The largest absolute Gasteiger partial charge is 0.362 e. The number of rotatable bonds is 5. The van der Waals surface area contributed by atoms with Crippen LogP contribution in [0.4, 0.5) is 11.4 Å². The summed E-state index contributed by atoms with van der Waals surface area (Å²) in [5.74, 6) is 0.516. The molecule has 0 bridgehead atoms. The maximum atomic E-state index is 4.41. The summed E-state index contributed by atoms with van der Waals surface area (Å²) in [6.07, 6.45) is 3.04. The lowest BCUT2D eigenvalue weighted by Crippen LogP contribution is -2.47. The van der Waals surface area contributed by atoms with Crippen molar-refractivity contribution < 1.29 is 0 Å². The number of anilines is 2. The van der Waals surface area contributed by atoms with Crippen LogP contribution >= 0.6 is 0 Å². The first kappa shape index (κ1) is 19.3. The third-order valence-electron chi connectivity index (χ3n) is 5.77. The van der Waals surface area contributed by atoms with E-state index in [1.54, 1.807) is 0 Å². The Morgan fingerprint density at radius 3 is 2.41 bits per heavy atom. The van der Waals surface area contributed by atoms with Crippen LogP contribution in [0.15, 0.2) is 84.0 Å². The summed E-state index contributed by atoms with van der Waals surface area (Å²) in [7, 11) is 0. The second-order valence-corrected chi connectivity index (χ2v) is 8.54. The van der Waals surface area contributed by atoms with Crippen LogP contribution in [0.25, 0.3) is 0 Å². The fourth-order valence-electron chi connectivity index (χ4n) is 4.35. The summed E-state index contributed by atoms with van der Waals surface area (Å²) in [5, 5.41) is 4.41. The SMILES string of the molecule is CC1CC(C)(C)N(Cc2ccccc2)c2ccc(C=NNc3ccccc3)cc21. The highest BCUT2D eigenvalue weighted by Gasteiger charge is 2.36. The molecule has 1 aliphatic heterocycles. The standard InChI is InChI=1S/C26H29N3/c1-20-17-26(2,3)29(19-21-10-6-4-7-11-21)25-15-14-22(16-24(20)25)18-27-28-23-12-8-5-9-13-23/h4-16,18,20,28H,17,19H2,1-3H3. The summed E-state index contributed by atoms with van der Waals surface area (Å²) >= 11 is 0. The molecule has 3 aromatic rings. The lowest BCUT2D eigenvalue weighted by atomic mass is 9.79. The van der Waals surface area contributed by atoms with E-state index in [0.29, 0.717) is 5.92 Å². The number of nitrogens with zero attached hydrogens (tertiary/aromatic N) is 2. The van der Waals surface area contributed by atoms with E-state index in [0.717, 1.165) is 24.2 Å². The Labute approximate surface area is 174 Å². The molecule has 0 fully saturated rings. The molecule has 0 saturated heterocycles. The zero-order chi connectivity index (χ0) is 20.3. The topological polar surface area (TPSA) is 27.6 Å². The summed E-state index contributed by atoms with van der Waals surface area (Å²) in [6.45, 7) is 7.98. The molecular formula is C26H29N3. The van der Waals surface area contributed by atoms with Crippen LogP contribution < -0.4 is 10.3 Å². The van der Waals surface area contributed by atoms with Crippen LogP contribution in [0.5, 0.6) is 0 Å². The van der Waals surface area contributed by atoms with Gasteiger partial charge in [-0.2, -0.15) is 5.10 Å². The maximum Gasteiger partial charge on any atom is 0.0561 e. The van der Waals surface area contributed by atoms with Crippen LogP contribution in [0.3, 0.4) is 0 Å². The van der Waals surface area contributed by atoms with Crippen molar-refractivity contribution in [3.63, 3.8) is 0 Å². The number of nitrogens with one attached hydrogen (secondary N) is 1. The second kappa shape index (κ2) is 8.12. The minimum absolute atomic E-state index is 0.118. The number of hydrogen-bond acceptors (Lipinski definition) is 3. The normalized spacial score (nSPS) is 17.9. The highest BCUT2D eigenvalue weighted by atomic mass is 15.3. The van der Waals surface area contributed by atoms with Gasteiger partial charge >= 0.3 is 0 Å². The van der Waals surface area contributed by atoms with Crippen molar-refractivity contribution in [1.29, 1.82) is 0 Å². The summed E-state index contributed by atoms with van der Waals surface area (Å²) in [6, 6.07) is 27.5. The molecule has 1 atom stereocenters. The quantitative estimate of drug-likeness (QED) is 0.406. The minimum Gasteiger partial charge on any atom is -0.362 e. The molecule has 3 heteroatoms. The fraction of sp³-hybridized carbons (Fsp3) is 0.269. The van der Waals surface area contributed by atoms with Gasteiger partial charge in [-0.1, -0.05) is 61.5 Å². The predicted octanol–water partition coefficient (Wildman–Crippen LogP) is 6.43. The number of hydrogen-bond donors (Lipinski definition) is 1. The Morgan fingerprint density at radius 2 is 1.69 bits per heavy atom. The molecule has 0 aliphatic carbocycles. The number of benzene rings is 3. The molecule has 29 heavy (non-hydrogen) atoms. The smallest absolute Gasteiger partial charge is 0.0561 e. The zero-order valence-corrected chi connectivity index (χ0v) is 17.5. The second-order valence-electron chi connectivity index (χ2n) is 8.54. The van der Waals surface area contributed by atoms with Crippen molar-refractivity contribution in [2.24, 2.45) is 5.10 Å². The Bertz CT molecular complexity index is 977. The molecular weight excluding hydrogens is 354 g/mol. The first-order chi connectivity index (χ1) is 14.0. The molecule has 4 rings (SSSR count). The zero-order valence-electron chi connectivity index (χ0n) is 17.5. The van der Waals surface area contributed by atoms with Crippen molar-refractivity contribution in [2.45, 2.75) is 45.2 Å². The summed E-state index contributed by atoms with van der Waals surface area (Å²) in [4.78, 5) is 2.56. The summed E-state index contributed by atoms with van der Waals surface area (Å²) < 4.78 is 0. The van der Waals surface area contributed by atoms with E-state index in [2.05, 4.69) is 84.7 Å². The number of hydrazone groups is 1. The lowest BCUT2D eigenvalue weighted by Gasteiger charge is -2.47. The van der Waals surface area contributed by atoms with Crippen LogP contribution in [-0.2, 0) is 6.54 Å². The Morgan fingerprint density at radius 1 is 1.00 bits per heavy atom. The van der Waals surface area contributed by atoms with Gasteiger partial charge in [0.15, 0.2) is 0 Å². The molecule has 0 radical (unpaired) electrons. The molecule has 0 saturated carbocycles.